The van der Waals surface area contributed by atoms with Gasteiger partial charge in [0.05, 0.1) is 12.6 Å². The van der Waals surface area contributed by atoms with Crippen LogP contribution in [0.4, 0.5) is 8.78 Å². The summed E-state index contributed by atoms with van der Waals surface area (Å²) in [6.45, 7) is 5.38. The van der Waals surface area contributed by atoms with E-state index in [-0.39, 0.29) is 24.4 Å². The molecule has 2 aliphatic heterocycles. The number of piperidine rings is 1. The Morgan fingerprint density at radius 2 is 2.05 bits per heavy atom. The summed E-state index contributed by atoms with van der Waals surface area (Å²) in [5, 5.41) is 2.95. The van der Waals surface area contributed by atoms with Crippen molar-refractivity contribution in [1.29, 1.82) is 0 Å². The van der Waals surface area contributed by atoms with E-state index >= 15 is 0 Å². The van der Waals surface area contributed by atoms with Crippen molar-refractivity contribution in [2.75, 3.05) is 32.4 Å². The highest BCUT2D eigenvalue weighted by Crippen LogP contribution is 2.34. The van der Waals surface area contributed by atoms with Gasteiger partial charge in [-0.1, -0.05) is 25.8 Å². The number of likely N-dealkylation sites (tertiary alicyclic amines) is 1. The summed E-state index contributed by atoms with van der Waals surface area (Å²) in [6, 6.07) is -0.684. The first-order chi connectivity index (χ1) is 9.83. The lowest BCUT2D eigenvalue weighted by Crippen LogP contribution is -2.56. The van der Waals surface area contributed by atoms with Crippen molar-refractivity contribution >= 4 is 17.9 Å². The quantitative estimate of drug-likeness (QED) is 0.801. The predicted molar refractivity (Wildman–Crippen MR) is 81.4 cm³/mol. The fourth-order valence-electron chi connectivity index (χ4n) is 3.06. The Kier molecular flexibility index (Phi) is 5.48. The predicted octanol–water partition coefficient (Wildman–Crippen LogP) is 1.82. The number of nitrogens with one attached hydrogen (secondary N) is 1. The Bertz CT molecular complexity index is 381. The maximum absolute atomic E-state index is 14.3. The van der Waals surface area contributed by atoms with Gasteiger partial charge in [0, 0.05) is 31.6 Å². The average molecular weight is 321 g/mol. The van der Waals surface area contributed by atoms with Gasteiger partial charge in [-0.15, -0.1) is 0 Å². The van der Waals surface area contributed by atoms with Gasteiger partial charge in [0.15, 0.2) is 0 Å². The van der Waals surface area contributed by atoms with Gasteiger partial charge >= 0.3 is 0 Å². The number of alkyl halides is 2. The summed E-state index contributed by atoms with van der Waals surface area (Å²) in [6.07, 6.45) is 3.08. The number of amides is 1. The molecule has 0 aliphatic carbocycles. The van der Waals surface area contributed by atoms with Crippen LogP contribution in [0.1, 0.15) is 26.7 Å². The smallest absolute Gasteiger partial charge is 0.276 e. The van der Waals surface area contributed by atoms with Crippen LogP contribution in [0, 0.1) is 5.92 Å². The molecule has 2 saturated heterocycles. The highest BCUT2D eigenvalue weighted by molar-refractivity contribution is 7.96. The molecule has 2 aliphatic rings. The molecule has 0 aromatic carbocycles. The Hall–Kier alpha value is -0.400. The third kappa shape index (κ3) is 4.07. The van der Waals surface area contributed by atoms with E-state index in [1.807, 2.05) is 25.0 Å². The minimum absolute atomic E-state index is 0.00538. The Labute approximate surface area is 129 Å². The fraction of sp³-hybridized carbons (Fsp3) is 0.929. The van der Waals surface area contributed by atoms with Crippen LogP contribution in [-0.4, -0.2) is 65.6 Å². The molecular weight excluding hydrogens is 296 g/mol. The number of hydrogen-bond acceptors (Lipinski definition) is 4. The van der Waals surface area contributed by atoms with Crippen molar-refractivity contribution in [2.45, 2.75) is 44.7 Å². The van der Waals surface area contributed by atoms with Gasteiger partial charge in [0.1, 0.15) is 0 Å². The molecule has 2 rings (SSSR count). The standard InChI is InChI=1S/C14H25F2N3OS/c1-10(2)13(20)17-11-4-6-18(8-11)12-5-7-19(21-3)9-14(12,15)16/h10-12H,4-9H2,1-3H3,(H,17,20). The lowest BCUT2D eigenvalue weighted by atomic mass is 10.0. The first-order valence-corrected chi connectivity index (χ1v) is 8.73. The summed E-state index contributed by atoms with van der Waals surface area (Å²) >= 11 is 1.38. The summed E-state index contributed by atoms with van der Waals surface area (Å²) in [5.41, 5.74) is 0. The van der Waals surface area contributed by atoms with Crippen molar-refractivity contribution in [3.63, 3.8) is 0 Å². The first kappa shape index (κ1) is 17.0. The van der Waals surface area contributed by atoms with Gasteiger partial charge in [-0.3, -0.25) is 9.69 Å². The highest BCUT2D eigenvalue weighted by atomic mass is 32.2. The SMILES string of the molecule is CSN1CCC(N2CCC(NC(=O)C(C)C)C2)C(F)(F)C1. The monoisotopic (exact) mass is 321 g/mol. The fourth-order valence-corrected chi connectivity index (χ4v) is 3.65. The van der Waals surface area contributed by atoms with E-state index < -0.39 is 12.0 Å². The molecule has 0 bridgehead atoms. The second-order valence-corrected chi connectivity index (χ2v) is 7.14. The third-order valence-electron chi connectivity index (χ3n) is 4.32. The average Bonchev–Trinajstić information content (AvgIpc) is 2.85. The van der Waals surface area contributed by atoms with Crippen LogP contribution in [0.2, 0.25) is 0 Å². The molecular formula is C14H25F2N3OS. The second kappa shape index (κ2) is 6.79. The lowest BCUT2D eigenvalue weighted by Gasteiger charge is -2.41. The van der Waals surface area contributed by atoms with Crippen LogP contribution in [0.5, 0.6) is 0 Å². The Morgan fingerprint density at radius 3 is 2.62 bits per heavy atom. The highest BCUT2D eigenvalue weighted by Gasteiger charge is 2.48. The summed E-state index contributed by atoms with van der Waals surface area (Å²) in [7, 11) is 0. The molecule has 2 heterocycles. The normalized spacial score (nSPS) is 30.8. The zero-order chi connectivity index (χ0) is 15.6. The molecule has 2 unspecified atom stereocenters. The third-order valence-corrected chi connectivity index (χ3v) is 5.14. The lowest BCUT2D eigenvalue weighted by molar-refractivity contribution is -0.124. The van der Waals surface area contributed by atoms with E-state index in [0.717, 1.165) is 6.42 Å². The van der Waals surface area contributed by atoms with Crippen molar-refractivity contribution < 1.29 is 13.6 Å². The number of halogens is 2. The van der Waals surface area contributed by atoms with Gasteiger partial charge in [0.25, 0.3) is 5.92 Å². The van der Waals surface area contributed by atoms with E-state index in [0.29, 0.717) is 26.1 Å². The molecule has 122 valence electrons. The Morgan fingerprint density at radius 1 is 1.33 bits per heavy atom. The molecule has 0 saturated carbocycles. The van der Waals surface area contributed by atoms with Crippen molar-refractivity contribution in [2.24, 2.45) is 5.92 Å². The molecule has 2 atom stereocenters. The van der Waals surface area contributed by atoms with Gasteiger partial charge < -0.3 is 5.32 Å². The topological polar surface area (TPSA) is 35.6 Å². The zero-order valence-corrected chi connectivity index (χ0v) is 13.8. The number of carbonyl (C=O) groups is 1. The molecule has 2 fully saturated rings. The molecule has 7 heteroatoms. The van der Waals surface area contributed by atoms with E-state index in [1.54, 1.807) is 4.31 Å². The van der Waals surface area contributed by atoms with Gasteiger partial charge in [0.2, 0.25) is 5.91 Å². The van der Waals surface area contributed by atoms with E-state index in [2.05, 4.69) is 5.32 Å². The van der Waals surface area contributed by atoms with Crippen LogP contribution in [0.25, 0.3) is 0 Å². The maximum Gasteiger partial charge on any atom is 0.276 e. The van der Waals surface area contributed by atoms with E-state index in [4.69, 9.17) is 0 Å². The van der Waals surface area contributed by atoms with Gasteiger partial charge in [-0.2, -0.15) is 0 Å². The van der Waals surface area contributed by atoms with Crippen LogP contribution in [0.15, 0.2) is 0 Å². The minimum atomic E-state index is -2.68. The Balaban J connectivity index is 1.90. The van der Waals surface area contributed by atoms with Crippen molar-refractivity contribution in [3.05, 3.63) is 0 Å². The summed E-state index contributed by atoms with van der Waals surface area (Å²) < 4.78 is 30.3. The molecule has 1 N–H and O–H groups in total. The summed E-state index contributed by atoms with van der Waals surface area (Å²) in [5.74, 6) is -2.74. The van der Waals surface area contributed by atoms with Gasteiger partial charge in [-0.25, -0.2) is 13.1 Å². The number of nitrogens with zero attached hydrogens (tertiary/aromatic N) is 2. The number of rotatable bonds is 4. The molecule has 1 amide bonds. The number of hydrogen-bond donors (Lipinski definition) is 1. The molecule has 0 radical (unpaired) electrons. The van der Waals surface area contributed by atoms with Crippen LogP contribution in [-0.2, 0) is 4.79 Å². The van der Waals surface area contributed by atoms with E-state index in [9.17, 15) is 13.6 Å². The van der Waals surface area contributed by atoms with Crippen LogP contribution < -0.4 is 5.32 Å². The van der Waals surface area contributed by atoms with Crippen molar-refractivity contribution in [1.82, 2.24) is 14.5 Å². The number of carbonyl (C=O) groups excluding carboxylic acids is 1. The maximum atomic E-state index is 14.3. The van der Waals surface area contributed by atoms with Crippen molar-refractivity contribution in [3.8, 4) is 0 Å². The van der Waals surface area contributed by atoms with Gasteiger partial charge in [-0.05, 0) is 19.1 Å². The second-order valence-electron chi connectivity index (χ2n) is 6.26. The molecule has 0 aromatic rings. The summed E-state index contributed by atoms with van der Waals surface area (Å²) in [4.78, 5) is 13.6. The largest absolute Gasteiger partial charge is 0.352 e. The molecule has 0 spiro atoms. The molecule has 21 heavy (non-hydrogen) atoms. The molecule has 0 aromatic heterocycles. The minimum Gasteiger partial charge on any atom is -0.352 e. The van der Waals surface area contributed by atoms with Crippen LogP contribution >= 0.6 is 11.9 Å². The van der Waals surface area contributed by atoms with Crippen LogP contribution in [0.3, 0.4) is 0 Å². The molecule has 4 nitrogen and oxygen atoms in total. The first-order valence-electron chi connectivity index (χ1n) is 7.55. The zero-order valence-electron chi connectivity index (χ0n) is 12.9. The van der Waals surface area contributed by atoms with E-state index in [1.165, 1.54) is 11.9 Å².